The Hall–Kier alpha value is -0.680. The summed E-state index contributed by atoms with van der Waals surface area (Å²) >= 11 is 3.29. The standard InChI is InChI=1S/C10H15BrN4/c1-15(8-2-4-12-5-3-8)10-7-13-9(11)6-14-10/h6-8,12H,2-5H2,1H3. The van der Waals surface area contributed by atoms with Gasteiger partial charge in [0.2, 0.25) is 0 Å². The van der Waals surface area contributed by atoms with Crippen LogP contribution in [0.15, 0.2) is 17.0 Å². The summed E-state index contributed by atoms with van der Waals surface area (Å²) in [6, 6.07) is 0.585. The first-order chi connectivity index (χ1) is 7.27. The van der Waals surface area contributed by atoms with Crippen LogP contribution in [0.2, 0.25) is 0 Å². The summed E-state index contributed by atoms with van der Waals surface area (Å²) in [5.41, 5.74) is 0. The zero-order valence-electron chi connectivity index (χ0n) is 8.78. The lowest BCUT2D eigenvalue weighted by atomic mass is 10.1. The van der Waals surface area contributed by atoms with Crippen molar-refractivity contribution < 1.29 is 0 Å². The van der Waals surface area contributed by atoms with Crippen LogP contribution in [0.25, 0.3) is 0 Å². The topological polar surface area (TPSA) is 41.1 Å². The van der Waals surface area contributed by atoms with Crippen molar-refractivity contribution in [2.75, 3.05) is 25.0 Å². The lowest BCUT2D eigenvalue weighted by Crippen LogP contribution is -2.41. The Balaban J connectivity index is 2.05. The van der Waals surface area contributed by atoms with Crippen molar-refractivity contribution in [3.63, 3.8) is 0 Å². The van der Waals surface area contributed by atoms with Gasteiger partial charge in [0.25, 0.3) is 0 Å². The number of halogens is 1. The van der Waals surface area contributed by atoms with Crippen molar-refractivity contribution in [1.82, 2.24) is 15.3 Å². The highest BCUT2D eigenvalue weighted by Crippen LogP contribution is 2.17. The number of aromatic nitrogens is 2. The maximum absolute atomic E-state index is 4.35. The lowest BCUT2D eigenvalue weighted by molar-refractivity contribution is 0.441. The smallest absolute Gasteiger partial charge is 0.147 e. The molecule has 4 nitrogen and oxygen atoms in total. The third-order valence-corrected chi connectivity index (χ3v) is 3.23. The SMILES string of the molecule is CN(c1cnc(Br)cn1)C1CCNCC1. The molecule has 1 aliphatic rings. The van der Waals surface area contributed by atoms with Gasteiger partial charge in [-0.15, -0.1) is 0 Å². The van der Waals surface area contributed by atoms with Crippen LogP contribution in [-0.4, -0.2) is 36.1 Å². The molecule has 0 atom stereocenters. The number of nitrogens with one attached hydrogen (secondary N) is 1. The zero-order valence-corrected chi connectivity index (χ0v) is 10.4. The van der Waals surface area contributed by atoms with Crippen LogP contribution in [0.5, 0.6) is 0 Å². The minimum atomic E-state index is 0.585. The molecule has 1 N–H and O–H groups in total. The molecule has 1 fully saturated rings. The number of piperidine rings is 1. The fourth-order valence-corrected chi connectivity index (χ4v) is 2.07. The van der Waals surface area contributed by atoms with Crippen LogP contribution in [0.4, 0.5) is 5.82 Å². The van der Waals surface area contributed by atoms with Gasteiger partial charge in [0.15, 0.2) is 0 Å². The van der Waals surface area contributed by atoms with Crippen LogP contribution >= 0.6 is 15.9 Å². The normalized spacial score (nSPS) is 17.7. The van der Waals surface area contributed by atoms with Crippen LogP contribution in [0, 0.1) is 0 Å². The summed E-state index contributed by atoms with van der Waals surface area (Å²) in [6.45, 7) is 2.19. The highest BCUT2D eigenvalue weighted by Gasteiger charge is 2.18. The summed E-state index contributed by atoms with van der Waals surface area (Å²) in [7, 11) is 2.09. The summed E-state index contributed by atoms with van der Waals surface area (Å²) in [4.78, 5) is 10.8. The van der Waals surface area contributed by atoms with E-state index in [9.17, 15) is 0 Å². The summed E-state index contributed by atoms with van der Waals surface area (Å²) < 4.78 is 0.782. The molecule has 1 aromatic rings. The second kappa shape index (κ2) is 4.90. The molecule has 0 saturated carbocycles. The maximum atomic E-state index is 4.35. The van der Waals surface area contributed by atoms with Gasteiger partial charge in [-0.1, -0.05) is 0 Å². The number of rotatable bonds is 2. The molecule has 1 saturated heterocycles. The molecule has 0 aliphatic carbocycles. The second-order valence-electron chi connectivity index (χ2n) is 3.79. The number of anilines is 1. The van der Waals surface area contributed by atoms with Gasteiger partial charge in [-0.25, -0.2) is 9.97 Å². The zero-order chi connectivity index (χ0) is 10.7. The first-order valence-corrected chi connectivity index (χ1v) is 5.98. The minimum Gasteiger partial charge on any atom is -0.355 e. The van der Waals surface area contributed by atoms with Gasteiger partial charge in [0.05, 0.1) is 12.4 Å². The molecule has 0 bridgehead atoms. The largest absolute Gasteiger partial charge is 0.355 e. The molecule has 2 rings (SSSR count). The van der Waals surface area contributed by atoms with E-state index in [4.69, 9.17) is 0 Å². The van der Waals surface area contributed by atoms with E-state index < -0.39 is 0 Å². The average Bonchev–Trinajstić information content (AvgIpc) is 2.30. The molecule has 0 unspecified atom stereocenters. The first-order valence-electron chi connectivity index (χ1n) is 5.18. The van der Waals surface area contributed by atoms with Gasteiger partial charge in [0.1, 0.15) is 10.4 Å². The quantitative estimate of drug-likeness (QED) is 0.883. The predicted octanol–water partition coefficient (Wildman–Crippen LogP) is 1.43. The van der Waals surface area contributed by atoms with Gasteiger partial charge in [-0.3, -0.25) is 0 Å². The number of hydrogen-bond acceptors (Lipinski definition) is 4. The first kappa shape index (κ1) is 10.8. The Bertz CT molecular complexity index is 308. The molecule has 2 heterocycles. The molecule has 0 amide bonds. The Morgan fingerprint density at radius 3 is 2.67 bits per heavy atom. The van der Waals surface area contributed by atoms with Crippen molar-refractivity contribution in [3.8, 4) is 0 Å². The fourth-order valence-electron chi connectivity index (χ4n) is 1.87. The third kappa shape index (κ3) is 2.66. The fraction of sp³-hybridized carbons (Fsp3) is 0.600. The van der Waals surface area contributed by atoms with Crippen molar-refractivity contribution in [1.29, 1.82) is 0 Å². The third-order valence-electron chi connectivity index (χ3n) is 2.82. The molecular formula is C10H15BrN4. The molecule has 1 aliphatic heterocycles. The number of hydrogen-bond donors (Lipinski definition) is 1. The molecule has 15 heavy (non-hydrogen) atoms. The lowest BCUT2D eigenvalue weighted by Gasteiger charge is -2.32. The van der Waals surface area contributed by atoms with Gasteiger partial charge < -0.3 is 10.2 Å². The molecule has 5 heteroatoms. The minimum absolute atomic E-state index is 0.585. The summed E-state index contributed by atoms with van der Waals surface area (Å²) in [6.07, 6.45) is 5.90. The highest BCUT2D eigenvalue weighted by atomic mass is 79.9. The summed E-state index contributed by atoms with van der Waals surface area (Å²) in [5.74, 6) is 0.949. The van der Waals surface area contributed by atoms with E-state index in [-0.39, 0.29) is 0 Å². The van der Waals surface area contributed by atoms with Gasteiger partial charge in [-0.2, -0.15) is 0 Å². The maximum Gasteiger partial charge on any atom is 0.147 e. The predicted molar refractivity (Wildman–Crippen MR) is 64.0 cm³/mol. The van der Waals surface area contributed by atoms with E-state index in [1.807, 2.05) is 6.20 Å². The Kier molecular flexibility index (Phi) is 3.53. The van der Waals surface area contributed by atoms with Crippen molar-refractivity contribution in [2.24, 2.45) is 0 Å². The second-order valence-corrected chi connectivity index (χ2v) is 4.60. The van der Waals surface area contributed by atoms with Crippen molar-refractivity contribution >= 4 is 21.7 Å². The highest BCUT2D eigenvalue weighted by molar-refractivity contribution is 9.10. The Morgan fingerprint density at radius 1 is 1.33 bits per heavy atom. The van der Waals surface area contributed by atoms with E-state index in [0.29, 0.717) is 6.04 Å². The monoisotopic (exact) mass is 270 g/mol. The van der Waals surface area contributed by atoms with Gasteiger partial charge in [-0.05, 0) is 41.9 Å². The van der Waals surface area contributed by atoms with Crippen molar-refractivity contribution in [3.05, 3.63) is 17.0 Å². The Morgan fingerprint density at radius 2 is 2.07 bits per heavy atom. The average molecular weight is 271 g/mol. The van der Waals surface area contributed by atoms with Gasteiger partial charge in [0, 0.05) is 13.1 Å². The summed E-state index contributed by atoms with van der Waals surface area (Å²) in [5, 5.41) is 3.36. The Labute approximate surface area is 98.2 Å². The number of nitrogens with zero attached hydrogens (tertiary/aromatic N) is 3. The van der Waals surface area contributed by atoms with E-state index in [2.05, 4.69) is 43.2 Å². The van der Waals surface area contributed by atoms with Crippen molar-refractivity contribution in [2.45, 2.75) is 18.9 Å². The molecular weight excluding hydrogens is 256 g/mol. The molecule has 0 aromatic carbocycles. The van der Waals surface area contributed by atoms with E-state index in [1.54, 1.807) is 6.20 Å². The van der Waals surface area contributed by atoms with Crippen LogP contribution in [-0.2, 0) is 0 Å². The van der Waals surface area contributed by atoms with Crippen LogP contribution in [0.1, 0.15) is 12.8 Å². The molecule has 1 aromatic heterocycles. The van der Waals surface area contributed by atoms with Gasteiger partial charge >= 0.3 is 0 Å². The van der Waals surface area contributed by atoms with Crippen LogP contribution < -0.4 is 10.2 Å². The molecule has 82 valence electrons. The van der Waals surface area contributed by atoms with E-state index in [1.165, 1.54) is 12.8 Å². The molecule has 0 radical (unpaired) electrons. The van der Waals surface area contributed by atoms with Crippen LogP contribution in [0.3, 0.4) is 0 Å². The molecule has 0 spiro atoms. The van der Waals surface area contributed by atoms with E-state index >= 15 is 0 Å². The van der Waals surface area contributed by atoms with E-state index in [0.717, 1.165) is 23.5 Å².